The SMILES string of the molecule is O=C(c1ccnc(Cl)c1Cl)N1CCC2C(C1)NNC2c1ccccc1. The van der Waals surface area contributed by atoms with Crippen LogP contribution in [0.1, 0.15) is 28.4 Å². The molecule has 1 aromatic carbocycles. The third-order valence-corrected chi connectivity index (χ3v) is 5.81. The highest BCUT2D eigenvalue weighted by molar-refractivity contribution is 6.43. The molecule has 0 bridgehead atoms. The van der Waals surface area contributed by atoms with Gasteiger partial charge in [-0.15, -0.1) is 0 Å². The number of fused-ring (bicyclic) bond motifs is 1. The number of nitrogens with one attached hydrogen (secondary N) is 2. The van der Waals surface area contributed by atoms with Gasteiger partial charge < -0.3 is 4.90 Å². The van der Waals surface area contributed by atoms with E-state index in [0.717, 1.165) is 6.42 Å². The molecule has 0 radical (unpaired) electrons. The Morgan fingerprint density at radius 2 is 1.96 bits per heavy atom. The van der Waals surface area contributed by atoms with Gasteiger partial charge in [0.05, 0.1) is 16.6 Å². The van der Waals surface area contributed by atoms with Crippen LogP contribution >= 0.6 is 23.2 Å². The number of hydrogen-bond acceptors (Lipinski definition) is 4. The number of halogens is 2. The van der Waals surface area contributed by atoms with Crippen LogP contribution in [0.2, 0.25) is 10.2 Å². The number of carbonyl (C=O) groups excluding carboxylic acids is 1. The van der Waals surface area contributed by atoms with Crippen molar-refractivity contribution in [3.63, 3.8) is 0 Å². The number of likely N-dealkylation sites (tertiary alicyclic amines) is 1. The summed E-state index contributed by atoms with van der Waals surface area (Å²) in [7, 11) is 0. The largest absolute Gasteiger partial charge is 0.337 e. The standard InChI is InChI=1S/C18H18Cl2N4O/c19-15-13(6-8-21-17(15)20)18(25)24-9-7-12-14(10-24)22-23-16(12)11-4-2-1-3-5-11/h1-6,8,12,14,16,22-23H,7,9-10H2. The Morgan fingerprint density at radius 1 is 1.16 bits per heavy atom. The Balaban J connectivity index is 1.49. The van der Waals surface area contributed by atoms with E-state index in [1.807, 2.05) is 11.0 Å². The van der Waals surface area contributed by atoms with Crippen molar-refractivity contribution in [2.24, 2.45) is 5.92 Å². The molecule has 1 amide bonds. The van der Waals surface area contributed by atoms with E-state index in [1.165, 1.54) is 11.8 Å². The van der Waals surface area contributed by atoms with E-state index in [2.05, 4.69) is 40.1 Å². The summed E-state index contributed by atoms with van der Waals surface area (Å²) in [5.74, 6) is 0.348. The molecule has 2 fully saturated rings. The molecule has 3 atom stereocenters. The number of aromatic nitrogens is 1. The van der Waals surface area contributed by atoms with Crippen LogP contribution < -0.4 is 10.9 Å². The molecular weight excluding hydrogens is 359 g/mol. The molecule has 5 nitrogen and oxygen atoms in total. The van der Waals surface area contributed by atoms with Crippen molar-refractivity contribution in [2.75, 3.05) is 13.1 Å². The van der Waals surface area contributed by atoms with Gasteiger partial charge in [-0.25, -0.2) is 10.4 Å². The highest BCUT2D eigenvalue weighted by atomic mass is 35.5. The Hall–Kier alpha value is -1.66. The maximum atomic E-state index is 12.8. The Morgan fingerprint density at radius 3 is 2.76 bits per heavy atom. The van der Waals surface area contributed by atoms with Gasteiger partial charge in [0.2, 0.25) is 0 Å². The average Bonchev–Trinajstić information content (AvgIpc) is 3.07. The highest BCUT2D eigenvalue weighted by Crippen LogP contribution is 2.35. The molecular formula is C18H18Cl2N4O. The minimum absolute atomic E-state index is 0.0993. The van der Waals surface area contributed by atoms with Gasteiger partial charge in [-0.05, 0) is 24.0 Å². The van der Waals surface area contributed by atoms with E-state index < -0.39 is 0 Å². The van der Waals surface area contributed by atoms with Crippen molar-refractivity contribution in [1.82, 2.24) is 20.7 Å². The number of hydrazine groups is 1. The minimum Gasteiger partial charge on any atom is -0.337 e. The first-order chi connectivity index (χ1) is 12.1. The molecule has 2 saturated heterocycles. The maximum absolute atomic E-state index is 12.8. The van der Waals surface area contributed by atoms with Crippen molar-refractivity contribution >= 4 is 29.1 Å². The lowest BCUT2D eigenvalue weighted by Gasteiger charge is -2.36. The first-order valence-corrected chi connectivity index (χ1v) is 9.06. The first-order valence-electron chi connectivity index (χ1n) is 8.30. The Kier molecular flexibility index (Phi) is 4.65. The van der Waals surface area contributed by atoms with Crippen molar-refractivity contribution < 1.29 is 4.79 Å². The lowest BCUT2D eigenvalue weighted by Crippen LogP contribution is -2.49. The summed E-state index contributed by atoms with van der Waals surface area (Å²) in [6, 6.07) is 12.5. The van der Waals surface area contributed by atoms with Crippen LogP contribution in [0.5, 0.6) is 0 Å². The number of rotatable bonds is 2. The van der Waals surface area contributed by atoms with E-state index >= 15 is 0 Å². The third-order valence-electron chi connectivity index (χ3n) is 5.04. The van der Waals surface area contributed by atoms with Crippen LogP contribution in [0.15, 0.2) is 42.6 Å². The monoisotopic (exact) mass is 376 g/mol. The number of nitrogens with zero attached hydrogens (tertiary/aromatic N) is 2. The van der Waals surface area contributed by atoms with Gasteiger partial charge in [0.25, 0.3) is 5.91 Å². The predicted octanol–water partition coefficient (Wildman–Crippen LogP) is 3.07. The molecule has 2 aromatic rings. The molecule has 2 aliphatic rings. The summed E-state index contributed by atoms with van der Waals surface area (Å²) >= 11 is 12.1. The normalized spacial score (nSPS) is 25.7. The van der Waals surface area contributed by atoms with Crippen molar-refractivity contribution in [2.45, 2.75) is 18.5 Å². The van der Waals surface area contributed by atoms with Gasteiger partial charge in [-0.2, -0.15) is 0 Å². The fourth-order valence-electron chi connectivity index (χ4n) is 3.75. The van der Waals surface area contributed by atoms with Crippen molar-refractivity contribution in [3.8, 4) is 0 Å². The topological polar surface area (TPSA) is 57.3 Å². The number of hydrogen-bond donors (Lipinski definition) is 2. The molecule has 7 heteroatoms. The first kappa shape index (κ1) is 16.8. The number of amides is 1. The highest BCUT2D eigenvalue weighted by Gasteiger charge is 2.41. The zero-order valence-corrected chi connectivity index (χ0v) is 15.0. The lowest BCUT2D eigenvalue weighted by molar-refractivity contribution is 0.0663. The molecule has 0 spiro atoms. The molecule has 25 heavy (non-hydrogen) atoms. The average molecular weight is 377 g/mol. The van der Waals surface area contributed by atoms with Crippen LogP contribution in [0.4, 0.5) is 0 Å². The lowest BCUT2D eigenvalue weighted by atomic mass is 9.84. The smallest absolute Gasteiger partial charge is 0.255 e. The third kappa shape index (κ3) is 3.13. The summed E-state index contributed by atoms with van der Waals surface area (Å²) in [5.41, 5.74) is 8.42. The Labute approximate surface area is 156 Å². The number of benzene rings is 1. The van der Waals surface area contributed by atoms with Crippen LogP contribution in [0, 0.1) is 5.92 Å². The maximum Gasteiger partial charge on any atom is 0.255 e. The summed E-state index contributed by atoms with van der Waals surface area (Å²) in [6.45, 7) is 1.33. The van der Waals surface area contributed by atoms with Gasteiger partial charge >= 0.3 is 0 Å². The number of piperidine rings is 1. The van der Waals surface area contributed by atoms with Crippen molar-refractivity contribution in [1.29, 1.82) is 0 Å². The minimum atomic E-state index is -0.0993. The van der Waals surface area contributed by atoms with Gasteiger partial charge in [-0.1, -0.05) is 53.5 Å². The molecule has 130 valence electrons. The fourth-order valence-corrected chi connectivity index (χ4v) is 4.11. The van der Waals surface area contributed by atoms with Gasteiger partial charge in [0.1, 0.15) is 5.15 Å². The van der Waals surface area contributed by atoms with Crippen LogP contribution in [0.25, 0.3) is 0 Å². The van der Waals surface area contributed by atoms with E-state index in [1.54, 1.807) is 6.07 Å². The zero-order valence-electron chi connectivity index (χ0n) is 13.5. The molecule has 3 unspecified atom stereocenters. The van der Waals surface area contributed by atoms with Gasteiger partial charge in [-0.3, -0.25) is 10.2 Å². The Bertz CT molecular complexity index is 786. The van der Waals surface area contributed by atoms with E-state index in [-0.39, 0.29) is 28.2 Å². The van der Waals surface area contributed by atoms with E-state index in [4.69, 9.17) is 23.2 Å². The quantitative estimate of drug-likeness (QED) is 0.790. The van der Waals surface area contributed by atoms with E-state index in [9.17, 15) is 4.79 Å². The van der Waals surface area contributed by atoms with Crippen LogP contribution in [-0.2, 0) is 0 Å². The molecule has 2 N–H and O–H groups in total. The molecule has 1 aromatic heterocycles. The number of carbonyl (C=O) groups is 1. The molecule has 2 aliphatic heterocycles. The molecule has 0 saturated carbocycles. The summed E-state index contributed by atoms with van der Waals surface area (Å²) in [5, 5.41) is 0.378. The van der Waals surface area contributed by atoms with Crippen LogP contribution in [0.3, 0.4) is 0 Å². The summed E-state index contributed by atoms with van der Waals surface area (Å²) in [4.78, 5) is 18.6. The number of pyridine rings is 1. The van der Waals surface area contributed by atoms with Gasteiger partial charge in [0, 0.05) is 25.3 Å². The predicted molar refractivity (Wildman–Crippen MR) is 97.5 cm³/mol. The zero-order chi connectivity index (χ0) is 17.4. The summed E-state index contributed by atoms with van der Waals surface area (Å²) in [6.07, 6.45) is 2.43. The second-order valence-corrected chi connectivity index (χ2v) is 7.19. The molecule has 3 heterocycles. The van der Waals surface area contributed by atoms with Gasteiger partial charge in [0.15, 0.2) is 0 Å². The molecule has 4 rings (SSSR count). The van der Waals surface area contributed by atoms with E-state index in [0.29, 0.717) is 24.6 Å². The second kappa shape index (κ2) is 6.92. The van der Waals surface area contributed by atoms with Crippen LogP contribution in [-0.4, -0.2) is 34.9 Å². The van der Waals surface area contributed by atoms with Crippen molar-refractivity contribution in [3.05, 3.63) is 63.9 Å². The fraction of sp³-hybridized carbons (Fsp3) is 0.333. The molecule has 0 aliphatic carbocycles. The summed E-state index contributed by atoms with van der Waals surface area (Å²) < 4.78 is 0. The second-order valence-electron chi connectivity index (χ2n) is 6.45.